The van der Waals surface area contributed by atoms with E-state index in [1.807, 2.05) is 0 Å². The van der Waals surface area contributed by atoms with Gasteiger partial charge in [-0.25, -0.2) is 8.42 Å². The second-order valence-electron chi connectivity index (χ2n) is 8.40. The van der Waals surface area contributed by atoms with Gasteiger partial charge in [0.05, 0.1) is 11.4 Å². The van der Waals surface area contributed by atoms with Crippen molar-refractivity contribution in [1.82, 2.24) is 9.80 Å². The topological polar surface area (TPSA) is 127 Å². The number of aliphatic hydroxyl groups is 1. The number of sulfonamides is 1. The molecule has 0 bridgehead atoms. The van der Waals surface area contributed by atoms with Crippen LogP contribution < -0.4 is 4.72 Å². The Kier molecular flexibility index (Phi) is 6.06. The summed E-state index contributed by atoms with van der Waals surface area (Å²) in [5, 5.41) is 20.6. The van der Waals surface area contributed by atoms with E-state index < -0.39 is 15.6 Å². The second kappa shape index (κ2) is 8.68. The van der Waals surface area contributed by atoms with E-state index in [1.165, 1.54) is 13.0 Å². The van der Waals surface area contributed by atoms with Gasteiger partial charge in [-0.2, -0.15) is 0 Å². The third-order valence-corrected chi connectivity index (χ3v) is 7.39. The summed E-state index contributed by atoms with van der Waals surface area (Å²) in [6.45, 7) is 3.07. The highest BCUT2D eigenvalue weighted by Gasteiger charge is 2.50. The number of carbonyl (C=O) groups excluding carboxylic acids is 2. The lowest BCUT2D eigenvalue weighted by molar-refractivity contribution is -0.143. The molecule has 0 radical (unpaired) electrons. The molecule has 0 aromatic heterocycles. The molecule has 2 amide bonds. The molecule has 10 heteroatoms. The van der Waals surface area contributed by atoms with Crippen molar-refractivity contribution in [1.29, 1.82) is 0 Å². The monoisotopic (exact) mass is 473 g/mol. The number of anilines is 1. The molecule has 2 fully saturated rings. The summed E-state index contributed by atoms with van der Waals surface area (Å²) in [7, 11) is -3.54. The number of hydrogen-bond donors (Lipinski definition) is 3. The van der Waals surface area contributed by atoms with E-state index in [4.69, 9.17) is 0 Å². The molecule has 1 saturated heterocycles. The van der Waals surface area contributed by atoms with Crippen LogP contribution in [0, 0.1) is 0 Å². The Balaban J connectivity index is 1.44. The van der Waals surface area contributed by atoms with Gasteiger partial charge in [0.2, 0.25) is 10.0 Å². The van der Waals surface area contributed by atoms with E-state index in [2.05, 4.69) is 4.72 Å². The summed E-state index contributed by atoms with van der Waals surface area (Å²) < 4.78 is 26.1. The zero-order chi connectivity index (χ0) is 23.8. The minimum atomic E-state index is -3.54. The van der Waals surface area contributed by atoms with Crippen molar-refractivity contribution in [3.63, 3.8) is 0 Å². The van der Waals surface area contributed by atoms with Crippen molar-refractivity contribution in [3.8, 4) is 16.9 Å². The number of aromatic hydroxyl groups is 1. The maximum absolute atomic E-state index is 12.9. The average molecular weight is 474 g/mol. The SMILES string of the molecule is CCS(=O)(=O)Nc1cccc(-c2ccc(C(=O)N3CCN(C(=O)C4(O)CC4)CC3)cc2)c1O. The molecule has 0 unspecified atom stereocenters. The molecule has 2 aromatic rings. The van der Waals surface area contributed by atoms with Gasteiger partial charge in [0.15, 0.2) is 0 Å². The fraction of sp³-hybridized carbons (Fsp3) is 0.391. The van der Waals surface area contributed by atoms with E-state index in [0.29, 0.717) is 55.7 Å². The van der Waals surface area contributed by atoms with E-state index in [1.54, 1.807) is 46.2 Å². The van der Waals surface area contributed by atoms with Crippen LogP contribution in [-0.2, 0) is 14.8 Å². The molecule has 33 heavy (non-hydrogen) atoms. The average Bonchev–Trinajstić information content (AvgIpc) is 3.58. The fourth-order valence-corrected chi connectivity index (χ4v) is 4.46. The summed E-state index contributed by atoms with van der Waals surface area (Å²) in [6, 6.07) is 11.5. The van der Waals surface area contributed by atoms with Crippen LogP contribution in [0.4, 0.5) is 5.69 Å². The van der Waals surface area contributed by atoms with Gasteiger partial charge in [-0.1, -0.05) is 24.3 Å². The molecule has 0 atom stereocenters. The summed E-state index contributed by atoms with van der Waals surface area (Å²) in [6.07, 6.45) is 1.00. The number of nitrogens with one attached hydrogen (secondary N) is 1. The molecular formula is C23H27N3O6S. The zero-order valence-electron chi connectivity index (χ0n) is 18.3. The van der Waals surface area contributed by atoms with Crippen LogP contribution in [0.5, 0.6) is 5.75 Å². The van der Waals surface area contributed by atoms with Crippen LogP contribution in [0.2, 0.25) is 0 Å². The van der Waals surface area contributed by atoms with Crippen LogP contribution in [0.3, 0.4) is 0 Å². The van der Waals surface area contributed by atoms with E-state index in [9.17, 15) is 28.2 Å². The van der Waals surface area contributed by atoms with Crippen LogP contribution in [0.1, 0.15) is 30.1 Å². The molecule has 9 nitrogen and oxygen atoms in total. The van der Waals surface area contributed by atoms with E-state index in [0.717, 1.165) is 0 Å². The Morgan fingerprint density at radius 2 is 1.61 bits per heavy atom. The molecule has 2 aromatic carbocycles. The first-order valence-corrected chi connectivity index (χ1v) is 12.5. The lowest BCUT2D eigenvalue weighted by Gasteiger charge is -2.35. The Morgan fingerprint density at radius 1 is 1.00 bits per heavy atom. The van der Waals surface area contributed by atoms with Crippen molar-refractivity contribution in [3.05, 3.63) is 48.0 Å². The van der Waals surface area contributed by atoms with Crippen LogP contribution in [-0.4, -0.2) is 77.8 Å². The van der Waals surface area contributed by atoms with Crippen molar-refractivity contribution in [2.24, 2.45) is 0 Å². The summed E-state index contributed by atoms with van der Waals surface area (Å²) in [5.41, 5.74) is 0.450. The number of para-hydroxylation sites is 1. The minimum absolute atomic E-state index is 0.0952. The Labute approximate surface area is 192 Å². The van der Waals surface area contributed by atoms with Gasteiger partial charge in [-0.3, -0.25) is 14.3 Å². The first-order valence-electron chi connectivity index (χ1n) is 10.9. The third-order valence-electron chi connectivity index (χ3n) is 6.10. The van der Waals surface area contributed by atoms with Crippen LogP contribution in [0.25, 0.3) is 11.1 Å². The first-order chi connectivity index (χ1) is 15.6. The molecule has 1 aliphatic carbocycles. The largest absolute Gasteiger partial charge is 0.505 e. The quantitative estimate of drug-likeness (QED) is 0.548. The maximum atomic E-state index is 12.9. The first kappa shape index (κ1) is 23.1. The fourth-order valence-electron chi connectivity index (χ4n) is 3.81. The number of amides is 2. The number of nitrogens with zero attached hydrogens (tertiary/aromatic N) is 2. The normalized spacial score (nSPS) is 17.5. The summed E-state index contributed by atoms with van der Waals surface area (Å²) in [4.78, 5) is 28.4. The molecule has 4 rings (SSSR count). The Hall–Kier alpha value is -3.11. The van der Waals surface area contributed by atoms with Gasteiger partial charge in [0.1, 0.15) is 11.4 Å². The van der Waals surface area contributed by atoms with Crippen LogP contribution in [0.15, 0.2) is 42.5 Å². The van der Waals surface area contributed by atoms with E-state index in [-0.39, 0.29) is 29.0 Å². The molecule has 176 valence electrons. The van der Waals surface area contributed by atoms with Crippen molar-refractivity contribution < 1.29 is 28.2 Å². The molecule has 1 heterocycles. The number of hydrogen-bond acceptors (Lipinski definition) is 6. The molecular weight excluding hydrogens is 446 g/mol. The van der Waals surface area contributed by atoms with Gasteiger partial charge in [-0.05, 0) is 43.5 Å². The standard InChI is InChI=1S/C23H27N3O6S/c1-2-33(31,32)24-19-5-3-4-18(20(19)27)16-6-8-17(9-7-16)21(28)25-12-14-26(15-13-25)22(29)23(30)10-11-23/h3-9,24,27,30H,2,10-15H2,1H3. The highest BCUT2D eigenvalue weighted by molar-refractivity contribution is 7.92. The smallest absolute Gasteiger partial charge is 0.254 e. The number of rotatable bonds is 6. The number of phenols is 1. The predicted molar refractivity (Wildman–Crippen MR) is 123 cm³/mol. The van der Waals surface area contributed by atoms with Gasteiger partial charge in [-0.15, -0.1) is 0 Å². The number of benzene rings is 2. The molecule has 1 saturated carbocycles. The Bertz CT molecular complexity index is 1170. The molecule has 0 spiro atoms. The summed E-state index contributed by atoms with van der Waals surface area (Å²) >= 11 is 0. The maximum Gasteiger partial charge on any atom is 0.254 e. The number of piperazine rings is 1. The molecule has 2 aliphatic rings. The number of carbonyl (C=O) groups is 2. The second-order valence-corrected chi connectivity index (χ2v) is 10.4. The molecule has 3 N–H and O–H groups in total. The van der Waals surface area contributed by atoms with Crippen LogP contribution >= 0.6 is 0 Å². The van der Waals surface area contributed by atoms with Gasteiger partial charge in [0.25, 0.3) is 11.8 Å². The minimum Gasteiger partial charge on any atom is -0.505 e. The van der Waals surface area contributed by atoms with Crippen molar-refractivity contribution in [2.45, 2.75) is 25.4 Å². The van der Waals surface area contributed by atoms with Crippen molar-refractivity contribution >= 4 is 27.5 Å². The van der Waals surface area contributed by atoms with Gasteiger partial charge >= 0.3 is 0 Å². The Morgan fingerprint density at radius 3 is 2.18 bits per heavy atom. The van der Waals surface area contributed by atoms with Gasteiger partial charge in [0, 0.05) is 37.3 Å². The highest BCUT2D eigenvalue weighted by Crippen LogP contribution is 2.37. The number of phenolic OH excluding ortho intramolecular Hbond substituents is 1. The zero-order valence-corrected chi connectivity index (χ0v) is 19.1. The predicted octanol–water partition coefficient (Wildman–Crippen LogP) is 1.63. The lowest BCUT2D eigenvalue weighted by atomic mass is 10.0. The summed E-state index contributed by atoms with van der Waals surface area (Å²) in [5.74, 6) is -0.710. The lowest BCUT2D eigenvalue weighted by Crippen LogP contribution is -2.53. The molecule has 1 aliphatic heterocycles. The third kappa shape index (κ3) is 4.81. The highest BCUT2D eigenvalue weighted by atomic mass is 32.2. The van der Waals surface area contributed by atoms with Gasteiger partial charge < -0.3 is 20.0 Å². The van der Waals surface area contributed by atoms with Crippen molar-refractivity contribution in [2.75, 3.05) is 36.7 Å². The van der Waals surface area contributed by atoms with E-state index >= 15 is 0 Å².